The van der Waals surface area contributed by atoms with Crippen LogP contribution in [0.5, 0.6) is 0 Å². The van der Waals surface area contributed by atoms with Gasteiger partial charge in [-0.3, -0.25) is 6.08 Å². The molecular formula is C20H31Cl2HfNSi. The molecule has 0 fully saturated rings. The van der Waals surface area contributed by atoms with Crippen molar-refractivity contribution in [3.8, 4) is 0 Å². The molecule has 25 heavy (non-hydrogen) atoms. The van der Waals surface area contributed by atoms with Crippen LogP contribution in [0.2, 0.25) is 13.1 Å². The fraction of sp³-hybridized carbons (Fsp3) is 0.500. The molecule has 0 bridgehead atoms. The maximum Gasteiger partial charge on any atom is 4.00 e. The Morgan fingerprint density at radius 1 is 1.04 bits per heavy atom. The zero-order valence-corrected chi connectivity index (χ0v) is 22.8. The molecule has 5 heteroatoms. The fourth-order valence-electron chi connectivity index (χ4n) is 2.16. The summed E-state index contributed by atoms with van der Waals surface area (Å²) in [6, 6.07) is 7.71. The third-order valence-corrected chi connectivity index (χ3v) is 3.82. The van der Waals surface area contributed by atoms with Gasteiger partial charge in [-0.1, -0.05) is 83.5 Å². The summed E-state index contributed by atoms with van der Waals surface area (Å²) in [5, 5.41) is 0. The van der Waals surface area contributed by atoms with Crippen LogP contribution in [0, 0.1) is 12.0 Å². The van der Waals surface area contributed by atoms with Crippen LogP contribution in [-0.4, -0.2) is 9.52 Å². The Hall–Kier alpha value is 0.167. The van der Waals surface area contributed by atoms with Crippen molar-refractivity contribution in [1.29, 1.82) is 0 Å². The normalized spacial score (nSPS) is 14.6. The SMILES string of the molecule is CC(C)c1ccccc1[NH-].CC1=[C-]C(C)C(C)=C1C.C[Si]C.[Cl-].[Cl-].[Hf+4]. The van der Waals surface area contributed by atoms with Crippen molar-refractivity contribution in [3.63, 3.8) is 0 Å². The summed E-state index contributed by atoms with van der Waals surface area (Å²) in [7, 11) is 1.08. The number of nitrogens with one attached hydrogen (secondary N) is 1. The van der Waals surface area contributed by atoms with Gasteiger partial charge in [0.15, 0.2) is 0 Å². The predicted molar refractivity (Wildman–Crippen MR) is 102 cm³/mol. The maximum atomic E-state index is 7.50. The van der Waals surface area contributed by atoms with Crippen LogP contribution < -0.4 is 24.8 Å². The molecule has 2 rings (SSSR count). The standard InChI is InChI=1S/C9H12N.C9H13.C2H6Si.2ClH.Hf/c1-7(2)8-5-3-4-6-9(8)10;1-6-5-7(2)9(4)8(6)3;1-3-2;;;/h3-7,10H,1-2H3;6H,1-4H3;1-2H3;2*1H;/q2*-1;;;;+4/p-2. The molecule has 0 saturated carbocycles. The second kappa shape index (κ2) is 17.6. The van der Waals surface area contributed by atoms with Gasteiger partial charge >= 0.3 is 25.8 Å². The Balaban J connectivity index is -0.000000139. The number of hydrogen-bond acceptors (Lipinski definition) is 0. The van der Waals surface area contributed by atoms with E-state index in [-0.39, 0.29) is 50.7 Å². The Kier molecular flexibility index (Phi) is 23.1. The number of benzene rings is 1. The Morgan fingerprint density at radius 3 is 1.68 bits per heavy atom. The Labute approximate surface area is 189 Å². The minimum Gasteiger partial charge on any atom is -1.00 e. The molecule has 1 atom stereocenters. The summed E-state index contributed by atoms with van der Waals surface area (Å²) >= 11 is 0. The summed E-state index contributed by atoms with van der Waals surface area (Å²) in [5.74, 6) is 1.03. The number of hydrogen-bond donors (Lipinski definition) is 0. The molecular weight excluding hydrogens is 532 g/mol. The molecule has 0 heterocycles. The van der Waals surface area contributed by atoms with Crippen LogP contribution >= 0.6 is 0 Å². The fourth-order valence-corrected chi connectivity index (χ4v) is 2.16. The molecule has 1 aliphatic carbocycles. The first-order valence-electron chi connectivity index (χ1n) is 7.93. The van der Waals surface area contributed by atoms with Gasteiger partial charge in [0.25, 0.3) is 0 Å². The first kappa shape index (κ1) is 32.8. The molecule has 0 aromatic heterocycles. The molecule has 1 aliphatic rings. The van der Waals surface area contributed by atoms with Gasteiger partial charge in [0, 0.05) is 9.52 Å². The van der Waals surface area contributed by atoms with Crippen molar-refractivity contribution in [1.82, 2.24) is 0 Å². The number of allylic oxidation sites excluding steroid dienone is 4. The van der Waals surface area contributed by atoms with Crippen LogP contribution in [-0.2, 0) is 25.8 Å². The minimum absolute atomic E-state index is 0. The molecule has 1 aromatic carbocycles. The van der Waals surface area contributed by atoms with E-state index in [0.29, 0.717) is 17.5 Å². The van der Waals surface area contributed by atoms with Crippen molar-refractivity contribution in [2.24, 2.45) is 5.92 Å². The largest absolute Gasteiger partial charge is 4.00 e. The van der Waals surface area contributed by atoms with Crippen molar-refractivity contribution in [2.45, 2.75) is 60.6 Å². The van der Waals surface area contributed by atoms with Gasteiger partial charge in [0.2, 0.25) is 0 Å². The van der Waals surface area contributed by atoms with Gasteiger partial charge in [-0.05, 0) is 5.92 Å². The summed E-state index contributed by atoms with van der Waals surface area (Å²) < 4.78 is 0. The Morgan fingerprint density at radius 2 is 1.48 bits per heavy atom. The first-order chi connectivity index (χ1) is 10.3. The van der Waals surface area contributed by atoms with E-state index in [2.05, 4.69) is 60.7 Å². The third kappa shape index (κ3) is 12.2. The van der Waals surface area contributed by atoms with Crippen molar-refractivity contribution >= 4 is 15.2 Å². The molecule has 1 unspecified atom stereocenters. The van der Waals surface area contributed by atoms with E-state index in [0.717, 1.165) is 15.1 Å². The van der Waals surface area contributed by atoms with Gasteiger partial charge in [0.1, 0.15) is 0 Å². The average Bonchev–Trinajstić information content (AvgIpc) is 2.67. The third-order valence-electron chi connectivity index (χ3n) is 3.82. The monoisotopic (exact) mass is 563 g/mol. The van der Waals surface area contributed by atoms with Crippen molar-refractivity contribution in [2.75, 3.05) is 0 Å². The van der Waals surface area contributed by atoms with Gasteiger partial charge < -0.3 is 30.5 Å². The van der Waals surface area contributed by atoms with E-state index in [1.165, 1.54) is 16.7 Å². The van der Waals surface area contributed by atoms with Crippen LogP contribution in [0.25, 0.3) is 5.73 Å². The second-order valence-electron chi connectivity index (χ2n) is 6.04. The zero-order chi connectivity index (χ0) is 17.3. The topological polar surface area (TPSA) is 23.8 Å². The Bertz CT molecular complexity index is 528. The predicted octanol–water partition coefficient (Wildman–Crippen LogP) is 1.01. The smallest absolute Gasteiger partial charge is 1.00 e. The summed E-state index contributed by atoms with van der Waals surface area (Å²) in [4.78, 5) is 0. The van der Waals surface area contributed by atoms with Gasteiger partial charge in [-0.25, -0.2) is 5.57 Å². The van der Waals surface area contributed by atoms with Gasteiger partial charge in [-0.2, -0.15) is 11.1 Å². The van der Waals surface area contributed by atoms with E-state index in [1.54, 1.807) is 0 Å². The maximum absolute atomic E-state index is 7.50. The van der Waals surface area contributed by atoms with E-state index in [1.807, 2.05) is 24.3 Å². The number of halogens is 2. The first-order valence-corrected chi connectivity index (χ1v) is 9.93. The number of rotatable bonds is 1. The summed E-state index contributed by atoms with van der Waals surface area (Å²) in [5.41, 5.74) is 13.5. The molecule has 2 radical (unpaired) electrons. The molecule has 0 spiro atoms. The molecule has 0 aliphatic heterocycles. The molecule has 0 saturated heterocycles. The molecule has 138 valence electrons. The average molecular weight is 563 g/mol. The minimum atomic E-state index is 0. The second-order valence-corrected chi connectivity index (χ2v) is 7.04. The van der Waals surface area contributed by atoms with E-state index in [4.69, 9.17) is 5.73 Å². The van der Waals surface area contributed by atoms with Gasteiger partial charge in [0.05, 0.1) is 0 Å². The zero-order valence-electron chi connectivity index (χ0n) is 16.7. The summed E-state index contributed by atoms with van der Waals surface area (Å²) in [6.45, 7) is 17.2. The van der Waals surface area contributed by atoms with Crippen LogP contribution in [0.15, 0.2) is 41.0 Å². The van der Waals surface area contributed by atoms with Gasteiger partial charge in [-0.15, -0.1) is 12.6 Å². The van der Waals surface area contributed by atoms with Crippen molar-refractivity contribution in [3.05, 3.63) is 58.4 Å². The molecule has 1 aromatic rings. The summed E-state index contributed by atoms with van der Waals surface area (Å²) in [6.07, 6.45) is 3.36. The van der Waals surface area contributed by atoms with E-state index < -0.39 is 0 Å². The van der Waals surface area contributed by atoms with Crippen LogP contribution in [0.1, 0.15) is 53.0 Å². The molecule has 1 nitrogen and oxygen atoms in total. The molecule has 1 N–H and O–H groups in total. The van der Waals surface area contributed by atoms with Crippen molar-refractivity contribution < 1.29 is 50.7 Å². The van der Waals surface area contributed by atoms with E-state index >= 15 is 0 Å². The van der Waals surface area contributed by atoms with Crippen LogP contribution in [0.4, 0.5) is 5.69 Å². The quantitative estimate of drug-likeness (QED) is 0.361. The van der Waals surface area contributed by atoms with Crippen LogP contribution in [0.3, 0.4) is 0 Å². The molecule has 0 amide bonds. The van der Waals surface area contributed by atoms with E-state index in [9.17, 15) is 0 Å².